The summed E-state index contributed by atoms with van der Waals surface area (Å²) in [5.74, 6) is 0. The van der Waals surface area contributed by atoms with Crippen LogP contribution >= 0.6 is 0 Å². The predicted octanol–water partition coefficient (Wildman–Crippen LogP) is -0.0975. The molecule has 0 fully saturated rings. The van der Waals surface area contributed by atoms with Crippen molar-refractivity contribution in [1.82, 2.24) is 4.90 Å². The fourth-order valence-electron chi connectivity index (χ4n) is 0.342. The van der Waals surface area contributed by atoms with E-state index in [1.165, 1.54) is 0 Å². The second-order valence-corrected chi connectivity index (χ2v) is 1.32. The van der Waals surface area contributed by atoms with Gasteiger partial charge < -0.3 is 10.8 Å². The molecular weight excluding hydrogens is 108 g/mol. The van der Waals surface area contributed by atoms with Gasteiger partial charge >= 0.3 is 6.09 Å². The molecule has 0 rings (SSSR count). The molecule has 8 heavy (non-hydrogen) atoms. The lowest BCUT2D eigenvalue weighted by atomic mass is 10.6. The zero-order chi connectivity index (χ0) is 6.57. The molecular formula is C4H10N2O2. The van der Waals surface area contributed by atoms with Gasteiger partial charge in [0.15, 0.2) is 0 Å². The van der Waals surface area contributed by atoms with Crippen LogP contribution in [0.15, 0.2) is 0 Å². The Morgan fingerprint density at radius 1 is 1.88 bits per heavy atom. The maximum atomic E-state index is 10.0. The Kier molecular flexibility index (Phi) is 2.95. The summed E-state index contributed by atoms with van der Waals surface area (Å²) in [5.41, 5.74) is 5.03. The molecule has 1 amide bonds. The maximum Gasteiger partial charge on any atom is 0.408 e. The van der Waals surface area contributed by atoms with Crippen LogP contribution in [-0.4, -0.2) is 29.3 Å². The normalized spacial score (nSPS) is 8.75. The highest BCUT2D eigenvalue weighted by Gasteiger charge is 2.03. The Morgan fingerprint density at radius 2 is 2.38 bits per heavy atom. The van der Waals surface area contributed by atoms with Crippen molar-refractivity contribution in [2.24, 2.45) is 5.73 Å². The molecule has 0 aromatic heterocycles. The van der Waals surface area contributed by atoms with Gasteiger partial charge in [0.2, 0.25) is 0 Å². The van der Waals surface area contributed by atoms with E-state index >= 15 is 0 Å². The van der Waals surface area contributed by atoms with Crippen molar-refractivity contribution in [2.75, 3.05) is 13.2 Å². The van der Waals surface area contributed by atoms with Gasteiger partial charge in [-0.25, -0.2) is 4.79 Å². The lowest BCUT2D eigenvalue weighted by Gasteiger charge is -2.12. The number of amides is 1. The molecule has 0 radical (unpaired) electrons. The Hall–Kier alpha value is -0.770. The lowest BCUT2D eigenvalue weighted by molar-refractivity contribution is 0.149. The van der Waals surface area contributed by atoms with Gasteiger partial charge in [-0.05, 0) is 6.92 Å². The van der Waals surface area contributed by atoms with Crippen LogP contribution in [0, 0.1) is 0 Å². The standard InChI is InChI=1S/C4H10N2O2/c1-2-6(3-5)4(7)8/h2-3,5H2,1H3,(H,7,8). The van der Waals surface area contributed by atoms with Crippen molar-refractivity contribution >= 4 is 6.09 Å². The van der Waals surface area contributed by atoms with E-state index < -0.39 is 6.09 Å². The molecule has 0 spiro atoms. The molecule has 0 aromatic carbocycles. The van der Waals surface area contributed by atoms with Crippen molar-refractivity contribution in [2.45, 2.75) is 6.92 Å². The number of carbonyl (C=O) groups is 1. The zero-order valence-corrected chi connectivity index (χ0v) is 4.79. The van der Waals surface area contributed by atoms with Crippen LogP contribution in [0.3, 0.4) is 0 Å². The summed E-state index contributed by atoms with van der Waals surface area (Å²) in [7, 11) is 0. The summed E-state index contributed by atoms with van der Waals surface area (Å²) in [6.07, 6.45) is -0.963. The van der Waals surface area contributed by atoms with Crippen LogP contribution in [-0.2, 0) is 0 Å². The first-order valence-electron chi connectivity index (χ1n) is 2.40. The van der Waals surface area contributed by atoms with Crippen LogP contribution in [0.1, 0.15) is 6.92 Å². The molecule has 0 aliphatic carbocycles. The second kappa shape index (κ2) is 3.26. The summed E-state index contributed by atoms with van der Waals surface area (Å²) in [6.45, 7) is 2.26. The summed E-state index contributed by atoms with van der Waals surface area (Å²) >= 11 is 0. The number of carboxylic acid groups (broad SMARTS) is 1. The van der Waals surface area contributed by atoms with Crippen LogP contribution in [0.25, 0.3) is 0 Å². The third-order valence-corrected chi connectivity index (χ3v) is 0.873. The van der Waals surface area contributed by atoms with Gasteiger partial charge in [0, 0.05) is 6.54 Å². The fourth-order valence-corrected chi connectivity index (χ4v) is 0.342. The van der Waals surface area contributed by atoms with E-state index in [1.54, 1.807) is 6.92 Å². The highest BCUT2D eigenvalue weighted by atomic mass is 16.4. The van der Waals surface area contributed by atoms with Crippen LogP contribution in [0.2, 0.25) is 0 Å². The van der Waals surface area contributed by atoms with Gasteiger partial charge in [-0.15, -0.1) is 0 Å². The monoisotopic (exact) mass is 118 g/mol. The van der Waals surface area contributed by atoms with Crippen molar-refractivity contribution in [3.05, 3.63) is 0 Å². The van der Waals surface area contributed by atoms with Gasteiger partial charge in [-0.1, -0.05) is 0 Å². The first kappa shape index (κ1) is 7.23. The largest absolute Gasteiger partial charge is 0.465 e. The third-order valence-electron chi connectivity index (χ3n) is 0.873. The molecule has 3 N–H and O–H groups in total. The van der Waals surface area contributed by atoms with E-state index in [-0.39, 0.29) is 6.67 Å². The van der Waals surface area contributed by atoms with Crippen molar-refractivity contribution in [3.8, 4) is 0 Å². The predicted molar refractivity (Wildman–Crippen MR) is 29.5 cm³/mol. The first-order chi connectivity index (χ1) is 3.72. The smallest absolute Gasteiger partial charge is 0.408 e. The Labute approximate surface area is 47.9 Å². The second-order valence-electron chi connectivity index (χ2n) is 1.32. The molecule has 0 bridgehead atoms. The molecule has 0 saturated carbocycles. The summed E-state index contributed by atoms with van der Waals surface area (Å²) in [6, 6.07) is 0. The third kappa shape index (κ3) is 1.79. The summed E-state index contributed by atoms with van der Waals surface area (Å²) < 4.78 is 0. The van der Waals surface area contributed by atoms with E-state index in [2.05, 4.69) is 0 Å². The lowest BCUT2D eigenvalue weighted by Crippen LogP contribution is -2.34. The van der Waals surface area contributed by atoms with Gasteiger partial charge in [0.25, 0.3) is 0 Å². The molecule has 0 aliphatic heterocycles. The van der Waals surface area contributed by atoms with E-state index in [0.29, 0.717) is 6.54 Å². The van der Waals surface area contributed by atoms with Crippen LogP contribution in [0.4, 0.5) is 4.79 Å². The van der Waals surface area contributed by atoms with Gasteiger partial charge in [-0.2, -0.15) is 0 Å². The van der Waals surface area contributed by atoms with Gasteiger partial charge in [0.05, 0.1) is 6.67 Å². The average Bonchev–Trinajstić information content (AvgIpc) is 1.69. The number of nitrogens with two attached hydrogens (primary N) is 1. The molecule has 0 unspecified atom stereocenters. The quantitative estimate of drug-likeness (QED) is 0.497. The molecule has 0 atom stereocenters. The van der Waals surface area contributed by atoms with Gasteiger partial charge in [-0.3, -0.25) is 4.90 Å². The fraction of sp³-hybridized carbons (Fsp3) is 0.750. The number of nitrogens with zero attached hydrogens (tertiary/aromatic N) is 1. The highest BCUT2D eigenvalue weighted by Crippen LogP contribution is 1.81. The van der Waals surface area contributed by atoms with Crippen LogP contribution in [0.5, 0.6) is 0 Å². The molecule has 4 nitrogen and oxygen atoms in total. The van der Waals surface area contributed by atoms with Crippen molar-refractivity contribution < 1.29 is 9.90 Å². The van der Waals surface area contributed by atoms with E-state index in [0.717, 1.165) is 4.90 Å². The Balaban J connectivity index is 3.52. The summed E-state index contributed by atoms with van der Waals surface area (Å²) in [4.78, 5) is 11.1. The summed E-state index contributed by atoms with van der Waals surface area (Å²) in [5, 5.41) is 8.22. The molecule has 4 heteroatoms. The van der Waals surface area contributed by atoms with E-state index in [4.69, 9.17) is 10.8 Å². The number of hydrogen-bond acceptors (Lipinski definition) is 2. The maximum absolute atomic E-state index is 10.0. The highest BCUT2D eigenvalue weighted by molar-refractivity contribution is 5.64. The first-order valence-corrected chi connectivity index (χ1v) is 2.40. The number of hydrogen-bond donors (Lipinski definition) is 2. The van der Waals surface area contributed by atoms with E-state index in [1.807, 2.05) is 0 Å². The Bertz CT molecular complexity index is 80.1. The average molecular weight is 118 g/mol. The number of rotatable bonds is 2. The minimum absolute atomic E-state index is 0.0752. The SMILES string of the molecule is CCN(CN)C(=O)O. The minimum atomic E-state index is -0.963. The topological polar surface area (TPSA) is 66.6 Å². The van der Waals surface area contributed by atoms with Crippen molar-refractivity contribution in [3.63, 3.8) is 0 Å². The van der Waals surface area contributed by atoms with Crippen LogP contribution < -0.4 is 5.73 Å². The Morgan fingerprint density at radius 3 is 2.38 bits per heavy atom. The molecule has 0 aromatic rings. The zero-order valence-electron chi connectivity index (χ0n) is 4.79. The van der Waals surface area contributed by atoms with Crippen molar-refractivity contribution in [1.29, 1.82) is 0 Å². The molecule has 0 aliphatic rings. The minimum Gasteiger partial charge on any atom is -0.465 e. The van der Waals surface area contributed by atoms with E-state index in [9.17, 15) is 4.79 Å². The molecule has 0 saturated heterocycles. The van der Waals surface area contributed by atoms with Gasteiger partial charge in [0.1, 0.15) is 0 Å². The molecule has 0 heterocycles. The molecule has 48 valence electrons.